The maximum atomic E-state index is 12.8. The molecule has 0 aliphatic carbocycles. The number of ether oxygens (including phenoxy) is 2. The van der Waals surface area contributed by atoms with Gasteiger partial charge in [-0.25, -0.2) is 0 Å². The molecule has 0 bridgehead atoms. The van der Waals surface area contributed by atoms with Crippen molar-refractivity contribution in [2.45, 2.75) is 31.2 Å². The standard InChI is InChI=1S/C18H21F3N4O3S/c1-10(2)15(11-4-5-12-13(8-11)28-7-6-27-12)22-14(26)9-29-17-24-23-16(25(17)3)18(19,20)21/h4-5,8,10,15H,6-7,9H2,1-3H3,(H,22,26)/t15-/m1/s1. The van der Waals surface area contributed by atoms with Crippen LogP contribution < -0.4 is 14.8 Å². The van der Waals surface area contributed by atoms with Crippen LogP contribution in [0.1, 0.15) is 31.3 Å². The summed E-state index contributed by atoms with van der Waals surface area (Å²) in [5.41, 5.74) is 0.862. The lowest BCUT2D eigenvalue weighted by atomic mass is 9.95. The second-order valence-electron chi connectivity index (χ2n) is 6.84. The SMILES string of the molecule is CC(C)[C@@H](NC(=O)CSc1nnc(C(F)(F)F)n1C)c1ccc2c(c1)OCCO2. The molecule has 158 valence electrons. The van der Waals surface area contributed by atoms with Gasteiger partial charge in [0.15, 0.2) is 16.7 Å². The highest BCUT2D eigenvalue weighted by Crippen LogP contribution is 2.34. The molecule has 3 rings (SSSR count). The summed E-state index contributed by atoms with van der Waals surface area (Å²) in [5.74, 6) is -0.138. The Bertz CT molecular complexity index is 886. The normalized spacial score (nSPS) is 14.7. The molecule has 1 aliphatic rings. The number of halogens is 3. The van der Waals surface area contributed by atoms with Gasteiger partial charge in [0, 0.05) is 7.05 Å². The Balaban J connectivity index is 1.66. The second-order valence-corrected chi connectivity index (χ2v) is 7.79. The Morgan fingerprint density at radius 3 is 2.55 bits per heavy atom. The molecular formula is C18H21F3N4O3S. The molecule has 1 aliphatic heterocycles. The maximum absolute atomic E-state index is 12.8. The number of nitrogens with one attached hydrogen (secondary N) is 1. The number of nitrogens with zero attached hydrogens (tertiary/aromatic N) is 3. The zero-order valence-electron chi connectivity index (χ0n) is 16.1. The third-order valence-electron chi connectivity index (χ3n) is 4.33. The lowest BCUT2D eigenvalue weighted by Gasteiger charge is -2.25. The van der Waals surface area contributed by atoms with E-state index < -0.39 is 12.0 Å². The fraction of sp³-hybridized carbons (Fsp3) is 0.500. The molecule has 7 nitrogen and oxygen atoms in total. The van der Waals surface area contributed by atoms with E-state index in [1.165, 1.54) is 7.05 Å². The first kappa shape index (κ1) is 21.3. The molecule has 2 heterocycles. The number of benzene rings is 1. The molecule has 0 radical (unpaired) electrons. The molecular weight excluding hydrogens is 409 g/mol. The number of aromatic nitrogens is 3. The van der Waals surface area contributed by atoms with Gasteiger partial charge in [0.25, 0.3) is 0 Å². The van der Waals surface area contributed by atoms with Crippen molar-refractivity contribution in [3.05, 3.63) is 29.6 Å². The highest BCUT2D eigenvalue weighted by molar-refractivity contribution is 7.99. The van der Waals surface area contributed by atoms with Crippen LogP contribution in [0.5, 0.6) is 11.5 Å². The Morgan fingerprint density at radius 1 is 1.24 bits per heavy atom. The van der Waals surface area contributed by atoms with Crippen molar-refractivity contribution in [3.63, 3.8) is 0 Å². The van der Waals surface area contributed by atoms with E-state index in [0.717, 1.165) is 21.9 Å². The molecule has 1 atom stereocenters. The summed E-state index contributed by atoms with van der Waals surface area (Å²) in [4.78, 5) is 12.4. The molecule has 1 aromatic heterocycles. The van der Waals surface area contributed by atoms with E-state index in [1.807, 2.05) is 26.0 Å². The average molecular weight is 430 g/mol. The summed E-state index contributed by atoms with van der Waals surface area (Å²) < 4.78 is 50.3. The van der Waals surface area contributed by atoms with Crippen LogP contribution in [0.3, 0.4) is 0 Å². The number of alkyl halides is 3. The van der Waals surface area contributed by atoms with Crippen LogP contribution in [0.15, 0.2) is 23.4 Å². The fourth-order valence-corrected chi connectivity index (χ4v) is 3.64. The highest BCUT2D eigenvalue weighted by atomic mass is 32.2. The number of fused-ring (bicyclic) bond motifs is 1. The number of rotatable bonds is 6. The Hall–Kier alpha value is -2.43. The third-order valence-corrected chi connectivity index (χ3v) is 5.35. The molecule has 1 N–H and O–H groups in total. The van der Waals surface area contributed by atoms with Gasteiger partial charge >= 0.3 is 6.18 Å². The predicted molar refractivity (Wildman–Crippen MR) is 99.9 cm³/mol. The van der Waals surface area contributed by atoms with Gasteiger partial charge < -0.3 is 19.4 Å². The monoisotopic (exact) mass is 430 g/mol. The maximum Gasteiger partial charge on any atom is 0.451 e. The van der Waals surface area contributed by atoms with E-state index in [9.17, 15) is 18.0 Å². The van der Waals surface area contributed by atoms with Gasteiger partial charge in [-0.05, 0) is 23.6 Å². The molecule has 11 heteroatoms. The van der Waals surface area contributed by atoms with Crippen LogP contribution in [0.25, 0.3) is 0 Å². The van der Waals surface area contributed by atoms with Gasteiger partial charge in [-0.1, -0.05) is 31.7 Å². The minimum atomic E-state index is -4.59. The van der Waals surface area contributed by atoms with Crippen molar-refractivity contribution in [1.29, 1.82) is 0 Å². The van der Waals surface area contributed by atoms with Crippen molar-refractivity contribution >= 4 is 17.7 Å². The summed E-state index contributed by atoms with van der Waals surface area (Å²) >= 11 is 0.896. The van der Waals surface area contributed by atoms with Crippen LogP contribution >= 0.6 is 11.8 Å². The summed E-state index contributed by atoms with van der Waals surface area (Å²) in [5, 5.41) is 9.62. The average Bonchev–Trinajstić information content (AvgIpc) is 3.04. The van der Waals surface area contributed by atoms with E-state index in [1.54, 1.807) is 6.07 Å². The molecule has 0 saturated carbocycles. The van der Waals surface area contributed by atoms with E-state index in [0.29, 0.717) is 24.7 Å². The number of amides is 1. The zero-order valence-corrected chi connectivity index (χ0v) is 16.9. The van der Waals surface area contributed by atoms with E-state index >= 15 is 0 Å². The van der Waals surface area contributed by atoms with E-state index in [4.69, 9.17) is 9.47 Å². The Labute approximate surface area is 170 Å². The summed E-state index contributed by atoms with van der Waals surface area (Å²) in [7, 11) is 1.22. The predicted octanol–water partition coefficient (Wildman–Crippen LogP) is 3.21. The fourth-order valence-electron chi connectivity index (χ4n) is 2.92. The Morgan fingerprint density at radius 2 is 1.93 bits per heavy atom. The van der Waals surface area contributed by atoms with Gasteiger partial charge in [0.05, 0.1) is 11.8 Å². The van der Waals surface area contributed by atoms with Crippen molar-refractivity contribution in [3.8, 4) is 11.5 Å². The molecule has 0 spiro atoms. The van der Waals surface area contributed by atoms with Gasteiger partial charge in [0.1, 0.15) is 13.2 Å². The number of carbonyl (C=O) groups is 1. The van der Waals surface area contributed by atoms with Gasteiger partial charge in [-0.3, -0.25) is 4.79 Å². The van der Waals surface area contributed by atoms with Crippen molar-refractivity contribution in [2.75, 3.05) is 19.0 Å². The van der Waals surface area contributed by atoms with Gasteiger partial charge in [0.2, 0.25) is 11.7 Å². The van der Waals surface area contributed by atoms with E-state index in [-0.39, 0.29) is 28.8 Å². The topological polar surface area (TPSA) is 78.3 Å². The van der Waals surface area contributed by atoms with Crippen LogP contribution in [-0.2, 0) is 18.0 Å². The third kappa shape index (κ3) is 4.95. The van der Waals surface area contributed by atoms with Gasteiger partial charge in [-0.15, -0.1) is 10.2 Å². The molecule has 0 fully saturated rings. The minimum absolute atomic E-state index is 0.0212. The molecule has 0 saturated heterocycles. The van der Waals surface area contributed by atoms with E-state index in [2.05, 4.69) is 15.5 Å². The lowest BCUT2D eigenvalue weighted by Crippen LogP contribution is -2.33. The number of thioether (sulfide) groups is 1. The minimum Gasteiger partial charge on any atom is -0.486 e. The van der Waals surface area contributed by atoms with Crippen LogP contribution in [0.2, 0.25) is 0 Å². The number of hydrogen-bond acceptors (Lipinski definition) is 6. The first-order chi connectivity index (χ1) is 13.7. The lowest BCUT2D eigenvalue weighted by molar-refractivity contribution is -0.147. The Kier molecular flexibility index (Phi) is 6.25. The van der Waals surface area contributed by atoms with Crippen molar-refractivity contribution in [2.24, 2.45) is 13.0 Å². The second kappa shape index (κ2) is 8.52. The molecule has 29 heavy (non-hydrogen) atoms. The summed E-state index contributed by atoms with van der Waals surface area (Å²) in [6, 6.07) is 5.22. The first-order valence-corrected chi connectivity index (χ1v) is 9.93. The quantitative estimate of drug-likeness (QED) is 0.709. The summed E-state index contributed by atoms with van der Waals surface area (Å²) in [6.45, 7) is 4.88. The number of hydrogen-bond donors (Lipinski definition) is 1. The zero-order chi connectivity index (χ0) is 21.2. The molecule has 0 unspecified atom stereocenters. The first-order valence-electron chi connectivity index (χ1n) is 8.95. The summed E-state index contributed by atoms with van der Waals surface area (Å²) in [6.07, 6.45) is -4.59. The number of carbonyl (C=O) groups excluding carboxylic acids is 1. The molecule has 1 amide bonds. The largest absolute Gasteiger partial charge is 0.486 e. The molecule has 1 aromatic carbocycles. The van der Waals surface area contributed by atoms with Crippen molar-refractivity contribution < 1.29 is 27.4 Å². The smallest absolute Gasteiger partial charge is 0.451 e. The molecule has 2 aromatic rings. The van der Waals surface area contributed by atoms with Crippen LogP contribution in [0, 0.1) is 5.92 Å². The van der Waals surface area contributed by atoms with Crippen LogP contribution in [-0.4, -0.2) is 39.6 Å². The van der Waals surface area contributed by atoms with Crippen molar-refractivity contribution in [1.82, 2.24) is 20.1 Å². The highest BCUT2D eigenvalue weighted by Gasteiger charge is 2.37. The van der Waals surface area contributed by atoms with Gasteiger partial charge in [-0.2, -0.15) is 13.2 Å². The van der Waals surface area contributed by atoms with Crippen LogP contribution in [0.4, 0.5) is 13.2 Å².